The SMILES string of the molecule is O=C(CSc1nnc(Cc2ccccc2)o1)NNc1ccccc1. The van der Waals surface area contributed by atoms with E-state index >= 15 is 0 Å². The number of rotatable bonds is 7. The number of hydrazine groups is 1. The van der Waals surface area contributed by atoms with E-state index in [9.17, 15) is 4.79 Å². The van der Waals surface area contributed by atoms with Crippen LogP contribution < -0.4 is 10.9 Å². The third kappa shape index (κ3) is 4.85. The monoisotopic (exact) mass is 340 g/mol. The zero-order valence-corrected chi connectivity index (χ0v) is 13.6. The molecule has 0 fully saturated rings. The minimum Gasteiger partial charge on any atom is -0.416 e. The Balaban J connectivity index is 1.44. The topological polar surface area (TPSA) is 80.0 Å². The summed E-state index contributed by atoms with van der Waals surface area (Å²) in [5.74, 6) is 0.547. The van der Waals surface area contributed by atoms with Crippen molar-refractivity contribution in [1.29, 1.82) is 0 Å². The summed E-state index contributed by atoms with van der Waals surface area (Å²) in [6, 6.07) is 19.3. The van der Waals surface area contributed by atoms with Crippen molar-refractivity contribution >= 4 is 23.4 Å². The number of nitrogens with one attached hydrogen (secondary N) is 2. The Kier molecular flexibility index (Phi) is 5.47. The molecule has 2 N–H and O–H groups in total. The molecule has 3 aromatic rings. The van der Waals surface area contributed by atoms with E-state index in [4.69, 9.17) is 4.42 Å². The summed E-state index contributed by atoms with van der Waals surface area (Å²) in [5, 5.41) is 8.33. The summed E-state index contributed by atoms with van der Waals surface area (Å²) < 4.78 is 5.54. The first-order valence-corrected chi connectivity index (χ1v) is 8.37. The third-order valence-corrected chi connectivity index (χ3v) is 3.91. The van der Waals surface area contributed by atoms with E-state index in [0.717, 1.165) is 11.3 Å². The molecular weight excluding hydrogens is 324 g/mol. The lowest BCUT2D eigenvalue weighted by Crippen LogP contribution is -2.30. The molecule has 0 saturated carbocycles. The van der Waals surface area contributed by atoms with Crippen LogP contribution in [-0.2, 0) is 11.2 Å². The fourth-order valence-electron chi connectivity index (χ4n) is 1.97. The number of aromatic nitrogens is 2. The largest absolute Gasteiger partial charge is 0.416 e. The lowest BCUT2D eigenvalue weighted by Gasteiger charge is -2.06. The summed E-state index contributed by atoms with van der Waals surface area (Å²) in [6.45, 7) is 0. The van der Waals surface area contributed by atoms with Crippen molar-refractivity contribution in [2.45, 2.75) is 11.6 Å². The Morgan fingerprint density at radius 1 is 1.00 bits per heavy atom. The van der Waals surface area contributed by atoms with Gasteiger partial charge in [0.2, 0.25) is 11.8 Å². The van der Waals surface area contributed by atoms with Crippen LogP contribution in [0.3, 0.4) is 0 Å². The van der Waals surface area contributed by atoms with E-state index in [-0.39, 0.29) is 11.7 Å². The van der Waals surface area contributed by atoms with Crippen molar-refractivity contribution in [3.05, 3.63) is 72.1 Å². The molecule has 1 aromatic heterocycles. The van der Waals surface area contributed by atoms with E-state index in [1.54, 1.807) is 0 Å². The molecule has 0 unspecified atom stereocenters. The molecule has 0 spiro atoms. The number of hydrogen-bond acceptors (Lipinski definition) is 6. The molecule has 6 nitrogen and oxygen atoms in total. The maximum atomic E-state index is 11.8. The van der Waals surface area contributed by atoms with E-state index in [2.05, 4.69) is 21.0 Å². The van der Waals surface area contributed by atoms with Gasteiger partial charge in [-0.25, -0.2) is 0 Å². The maximum Gasteiger partial charge on any atom is 0.277 e. The molecule has 0 aliphatic heterocycles. The summed E-state index contributed by atoms with van der Waals surface area (Å²) in [5.41, 5.74) is 7.37. The smallest absolute Gasteiger partial charge is 0.277 e. The molecular formula is C17H16N4O2S. The number of anilines is 1. The first-order chi connectivity index (χ1) is 11.8. The van der Waals surface area contributed by atoms with Crippen molar-refractivity contribution in [2.24, 2.45) is 0 Å². The molecule has 2 aromatic carbocycles. The highest BCUT2D eigenvalue weighted by molar-refractivity contribution is 7.99. The highest BCUT2D eigenvalue weighted by Gasteiger charge is 2.10. The van der Waals surface area contributed by atoms with Gasteiger partial charge in [-0.3, -0.25) is 15.6 Å². The van der Waals surface area contributed by atoms with Crippen LogP contribution in [0.5, 0.6) is 0 Å². The van der Waals surface area contributed by atoms with Crippen LogP contribution in [0.2, 0.25) is 0 Å². The number of nitrogens with zero attached hydrogens (tertiary/aromatic N) is 2. The van der Waals surface area contributed by atoms with Crippen LogP contribution in [0.25, 0.3) is 0 Å². The quantitative estimate of drug-likeness (QED) is 0.508. The fourth-order valence-corrected chi connectivity index (χ4v) is 2.55. The van der Waals surface area contributed by atoms with E-state index < -0.39 is 0 Å². The highest BCUT2D eigenvalue weighted by atomic mass is 32.2. The first kappa shape index (κ1) is 16.1. The van der Waals surface area contributed by atoms with Crippen molar-refractivity contribution in [2.75, 3.05) is 11.2 Å². The average molecular weight is 340 g/mol. The minimum atomic E-state index is -0.174. The Labute approximate surface area is 143 Å². The Hall–Kier alpha value is -2.80. The molecule has 0 radical (unpaired) electrons. The van der Waals surface area contributed by atoms with Crippen LogP contribution >= 0.6 is 11.8 Å². The lowest BCUT2D eigenvalue weighted by molar-refractivity contribution is -0.118. The van der Waals surface area contributed by atoms with Gasteiger partial charge >= 0.3 is 0 Å². The fraction of sp³-hybridized carbons (Fsp3) is 0.118. The molecule has 0 atom stereocenters. The minimum absolute atomic E-state index is 0.174. The first-order valence-electron chi connectivity index (χ1n) is 7.38. The third-order valence-electron chi connectivity index (χ3n) is 3.09. The van der Waals surface area contributed by atoms with Gasteiger partial charge in [-0.1, -0.05) is 60.3 Å². The van der Waals surface area contributed by atoms with Gasteiger partial charge in [0.25, 0.3) is 5.22 Å². The van der Waals surface area contributed by atoms with Crippen molar-refractivity contribution < 1.29 is 9.21 Å². The molecule has 7 heteroatoms. The van der Waals surface area contributed by atoms with Crippen molar-refractivity contribution in [3.63, 3.8) is 0 Å². The Bertz CT molecular complexity index is 778. The number of hydrogen-bond donors (Lipinski definition) is 2. The number of carbonyl (C=O) groups is 1. The van der Waals surface area contributed by atoms with Gasteiger partial charge in [0, 0.05) is 0 Å². The van der Waals surface area contributed by atoms with E-state index in [1.807, 2.05) is 60.7 Å². The van der Waals surface area contributed by atoms with Crippen molar-refractivity contribution in [3.8, 4) is 0 Å². The molecule has 0 aliphatic carbocycles. The lowest BCUT2D eigenvalue weighted by atomic mass is 10.2. The molecule has 0 aliphatic rings. The second-order valence-electron chi connectivity index (χ2n) is 4.95. The standard InChI is InChI=1S/C17H16N4O2S/c22-15(19-18-14-9-5-2-6-10-14)12-24-17-21-20-16(23-17)11-13-7-3-1-4-8-13/h1-10,18H,11-12H2,(H,19,22). The molecule has 122 valence electrons. The molecule has 1 heterocycles. The zero-order valence-electron chi connectivity index (χ0n) is 12.8. The molecule has 0 bridgehead atoms. The molecule has 3 rings (SSSR count). The van der Waals surface area contributed by atoms with Gasteiger partial charge in [0.1, 0.15) is 0 Å². The van der Waals surface area contributed by atoms with Gasteiger partial charge in [0.05, 0.1) is 17.9 Å². The number of amides is 1. The normalized spacial score (nSPS) is 10.3. The van der Waals surface area contributed by atoms with E-state index in [0.29, 0.717) is 17.5 Å². The molecule has 1 amide bonds. The summed E-state index contributed by atoms with van der Waals surface area (Å²) in [7, 11) is 0. The van der Waals surface area contributed by atoms with Gasteiger partial charge in [-0.15, -0.1) is 10.2 Å². The summed E-state index contributed by atoms with van der Waals surface area (Å²) in [6.07, 6.45) is 0.580. The van der Waals surface area contributed by atoms with Crippen LogP contribution in [0.4, 0.5) is 5.69 Å². The maximum absolute atomic E-state index is 11.8. The predicted molar refractivity (Wildman–Crippen MR) is 92.5 cm³/mol. The van der Waals surface area contributed by atoms with Crippen LogP contribution in [0.15, 0.2) is 70.3 Å². The number of carbonyl (C=O) groups excluding carboxylic acids is 1. The van der Waals surface area contributed by atoms with Gasteiger partial charge in [-0.2, -0.15) is 0 Å². The molecule has 24 heavy (non-hydrogen) atoms. The van der Waals surface area contributed by atoms with Gasteiger partial charge in [0.15, 0.2) is 0 Å². The molecule has 0 saturated heterocycles. The number of benzene rings is 2. The average Bonchev–Trinajstić information content (AvgIpc) is 3.07. The van der Waals surface area contributed by atoms with Crippen LogP contribution in [-0.4, -0.2) is 21.9 Å². The van der Waals surface area contributed by atoms with Gasteiger partial charge in [-0.05, 0) is 17.7 Å². The highest BCUT2D eigenvalue weighted by Crippen LogP contribution is 2.17. The number of para-hydroxylation sites is 1. The van der Waals surface area contributed by atoms with Crippen molar-refractivity contribution in [1.82, 2.24) is 15.6 Å². The number of thioether (sulfide) groups is 1. The summed E-state index contributed by atoms with van der Waals surface area (Å²) in [4.78, 5) is 11.8. The van der Waals surface area contributed by atoms with Crippen LogP contribution in [0.1, 0.15) is 11.5 Å². The zero-order chi connectivity index (χ0) is 16.6. The van der Waals surface area contributed by atoms with Crippen LogP contribution in [0, 0.1) is 0 Å². The predicted octanol–water partition coefficient (Wildman–Crippen LogP) is 2.90. The summed E-state index contributed by atoms with van der Waals surface area (Å²) >= 11 is 1.20. The van der Waals surface area contributed by atoms with E-state index in [1.165, 1.54) is 11.8 Å². The van der Waals surface area contributed by atoms with Gasteiger partial charge < -0.3 is 4.42 Å². The second-order valence-corrected chi connectivity index (χ2v) is 5.88. The Morgan fingerprint density at radius 3 is 2.46 bits per heavy atom. The second kappa shape index (κ2) is 8.16. The Morgan fingerprint density at radius 2 is 1.71 bits per heavy atom.